The molecule has 20 heavy (non-hydrogen) atoms. The molecular formula is C14H18N4O2. The highest BCUT2D eigenvalue weighted by Gasteiger charge is 2.38. The van der Waals surface area contributed by atoms with Gasteiger partial charge in [-0.3, -0.25) is 0 Å². The molecule has 1 N–H and O–H groups in total. The number of aromatic nitrogens is 2. The first-order chi connectivity index (χ1) is 9.79. The largest absolute Gasteiger partial charge is 0.393 e. The second kappa shape index (κ2) is 5.73. The third kappa shape index (κ3) is 2.47. The Morgan fingerprint density at radius 1 is 1.45 bits per heavy atom. The summed E-state index contributed by atoms with van der Waals surface area (Å²) < 4.78 is 5.52. The Morgan fingerprint density at radius 3 is 3.15 bits per heavy atom. The van der Waals surface area contributed by atoms with Crippen LogP contribution in [0.3, 0.4) is 0 Å². The summed E-state index contributed by atoms with van der Waals surface area (Å²) in [5.41, 5.74) is 0. The molecule has 2 fully saturated rings. The molecule has 0 aliphatic carbocycles. The monoisotopic (exact) mass is 274 g/mol. The molecule has 0 saturated carbocycles. The van der Waals surface area contributed by atoms with Crippen LogP contribution in [-0.2, 0) is 4.74 Å². The molecule has 0 aromatic carbocycles. The second-order valence-corrected chi connectivity index (χ2v) is 5.35. The lowest BCUT2D eigenvalue weighted by molar-refractivity contribution is -0.0438. The van der Waals surface area contributed by atoms with Gasteiger partial charge in [0.2, 0.25) is 5.82 Å². The molecule has 2 aliphatic heterocycles. The summed E-state index contributed by atoms with van der Waals surface area (Å²) in [6.07, 6.45) is 4.09. The fourth-order valence-electron chi connectivity index (χ4n) is 3.20. The molecule has 6 heteroatoms. The van der Waals surface area contributed by atoms with Gasteiger partial charge in [-0.2, -0.15) is 5.26 Å². The molecule has 3 rings (SSSR count). The van der Waals surface area contributed by atoms with E-state index in [1.54, 1.807) is 6.20 Å². The van der Waals surface area contributed by atoms with Gasteiger partial charge in [-0.1, -0.05) is 0 Å². The Hall–Kier alpha value is -1.71. The van der Waals surface area contributed by atoms with E-state index in [9.17, 15) is 5.11 Å². The summed E-state index contributed by atoms with van der Waals surface area (Å²) in [6, 6.07) is 4.03. The number of anilines is 1. The van der Waals surface area contributed by atoms with E-state index in [1.165, 1.54) is 0 Å². The van der Waals surface area contributed by atoms with E-state index in [0.29, 0.717) is 19.6 Å². The SMILES string of the molecule is N#Cc1nccc(N2CCCC2C2COCCC2O)n1. The molecule has 2 saturated heterocycles. The zero-order valence-corrected chi connectivity index (χ0v) is 11.3. The molecule has 0 radical (unpaired) electrons. The van der Waals surface area contributed by atoms with Crippen LogP contribution >= 0.6 is 0 Å². The van der Waals surface area contributed by atoms with Crippen LogP contribution < -0.4 is 4.90 Å². The van der Waals surface area contributed by atoms with Crippen LogP contribution in [-0.4, -0.2) is 47.0 Å². The molecule has 3 heterocycles. The van der Waals surface area contributed by atoms with Crippen LogP contribution in [0.25, 0.3) is 0 Å². The summed E-state index contributed by atoms with van der Waals surface area (Å²) in [5, 5.41) is 19.1. The molecule has 1 aromatic rings. The van der Waals surface area contributed by atoms with Crippen molar-refractivity contribution in [3.05, 3.63) is 18.1 Å². The minimum atomic E-state index is -0.313. The minimum absolute atomic E-state index is 0.117. The Bertz CT molecular complexity index is 516. The van der Waals surface area contributed by atoms with Crippen LogP contribution in [0.4, 0.5) is 5.82 Å². The molecular weight excluding hydrogens is 256 g/mol. The molecule has 0 amide bonds. The zero-order chi connectivity index (χ0) is 13.9. The standard InChI is InChI=1S/C14H18N4O2/c15-8-13-16-5-3-14(17-13)18-6-1-2-11(18)10-9-20-7-4-12(10)19/h3,5,10-12,19H,1-2,4,6-7,9H2. The van der Waals surface area contributed by atoms with Crippen LogP contribution in [0.15, 0.2) is 12.3 Å². The first-order valence-electron chi connectivity index (χ1n) is 7.05. The highest BCUT2D eigenvalue weighted by Crippen LogP contribution is 2.32. The third-order valence-corrected chi connectivity index (χ3v) is 4.19. The van der Waals surface area contributed by atoms with E-state index in [4.69, 9.17) is 10.00 Å². The number of hydrogen-bond acceptors (Lipinski definition) is 6. The van der Waals surface area contributed by atoms with Gasteiger partial charge in [-0.05, 0) is 25.3 Å². The van der Waals surface area contributed by atoms with Crippen molar-refractivity contribution in [2.24, 2.45) is 5.92 Å². The van der Waals surface area contributed by atoms with E-state index in [1.807, 2.05) is 12.1 Å². The predicted octanol–water partition coefficient (Wildman–Crippen LogP) is 0.714. The van der Waals surface area contributed by atoms with Gasteiger partial charge in [0.15, 0.2) is 0 Å². The molecule has 106 valence electrons. The number of ether oxygens (including phenoxy) is 1. The lowest BCUT2D eigenvalue weighted by Crippen LogP contribution is -2.46. The van der Waals surface area contributed by atoms with Gasteiger partial charge in [-0.25, -0.2) is 9.97 Å². The predicted molar refractivity (Wildman–Crippen MR) is 72.0 cm³/mol. The lowest BCUT2D eigenvalue weighted by atomic mass is 9.89. The van der Waals surface area contributed by atoms with Crippen molar-refractivity contribution in [3.63, 3.8) is 0 Å². The number of hydrogen-bond donors (Lipinski definition) is 1. The van der Waals surface area contributed by atoms with Crippen molar-refractivity contribution in [1.82, 2.24) is 9.97 Å². The van der Waals surface area contributed by atoms with E-state index in [2.05, 4.69) is 14.9 Å². The van der Waals surface area contributed by atoms with Crippen molar-refractivity contribution in [1.29, 1.82) is 5.26 Å². The average Bonchev–Trinajstić information content (AvgIpc) is 2.97. The number of aliphatic hydroxyl groups excluding tert-OH is 1. The highest BCUT2D eigenvalue weighted by atomic mass is 16.5. The van der Waals surface area contributed by atoms with Gasteiger partial charge in [0, 0.05) is 31.3 Å². The molecule has 6 nitrogen and oxygen atoms in total. The van der Waals surface area contributed by atoms with Crippen molar-refractivity contribution < 1.29 is 9.84 Å². The lowest BCUT2D eigenvalue weighted by Gasteiger charge is -2.37. The molecule has 0 bridgehead atoms. The molecule has 3 unspecified atom stereocenters. The number of nitriles is 1. The fourth-order valence-corrected chi connectivity index (χ4v) is 3.20. The summed E-state index contributed by atoms with van der Waals surface area (Å²) in [5.74, 6) is 1.08. The maximum Gasteiger partial charge on any atom is 0.234 e. The molecule has 1 aromatic heterocycles. The Labute approximate surface area is 118 Å². The summed E-state index contributed by atoms with van der Waals surface area (Å²) >= 11 is 0. The van der Waals surface area contributed by atoms with Gasteiger partial charge in [-0.15, -0.1) is 0 Å². The highest BCUT2D eigenvalue weighted by molar-refractivity contribution is 5.42. The van der Waals surface area contributed by atoms with Gasteiger partial charge >= 0.3 is 0 Å². The first-order valence-corrected chi connectivity index (χ1v) is 7.05. The Morgan fingerprint density at radius 2 is 2.35 bits per heavy atom. The van der Waals surface area contributed by atoms with E-state index >= 15 is 0 Å². The molecule has 0 spiro atoms. The van der Waals surface area contributed by atoms with Crippen molar-refractivity contribution in [2.75, 3.05) is 24.7 Å². The normalized spacial score (nSPS) is 30.2. The summed E-state index contributed by atoms with van der Waals surface area (Å²) in [7, 11) is 0. The van der Waals surface area contributed by atoms with Crippen LogP contribution in [0.2, 0.25) is 0 Å². The Balaban J connectivity index is 1.83. The summed E-state index contributed by atoms with van der Waals surface area (Å²) in [6.45, 7) is 2.13. The summed E-state index contributed by atoms with van der Waals surface area (Å²) in [4.78, 5) is 10.4. The van der Waals surface area contributed by atoms with E-state index in [0.717, 1.165) is 25.2 Å². The van der Waals surface area contributed by atoms with Crippen LogP contribution in [0.1, 0.15) is 25.1 Å². The van der Waals surface area contributed by atoms with Crippen LogP contribution in [0, 0.1) is 17.2 Å². The van der Waals surface area contributed by atoms with Gasteiger partial charge in [0.05, 0.1) is 12.7 Å². The minimum Gasteiger partial charge on any atom is -0.393 e. The molecule has 2 aliphatic rings. The smallest absolute Gasteiger partial charge is 0.234 e. The number of nitrogens with zero attached hydrogens (tertiary/aromatic N) is 4. The quantitative estimate of drug-likeness (QED) is 0.855. The molecule has 3 atom stereocenters. The van der Waals surface area contributed by atoms with Crippen molar-refractivity contribution >= 4 is 5.82 Å². The maximum absolute atomic E-state index is 10.2. The van der Waals surface area contributed by atoms with Gasteiger partial charge in [0.25, 0.3) is 0 Å². The van der Waals surface area contributed by atoms with Crippen molar-refractivity contribution in [2.45, 2.75) is 31.4 Å². The van der Waals surface area contributed by atoms with Gasteiger partial charge < -0.3 is 14.7 Å². The number of aliphatic hydroxyl groups is 1. The van der Waals surface area contributed by atoms with Crippen LogP contribution in [0.5, 0.6) is 0 Å². The zero-order valence-electron chi connectivity index (χ0n) is 11.3. The Kier molecular flexibility index (Phi) is 3.81. The second-order valence-electron chi connectivity index (χ2n) is 5.35. The first kappa shape index (κ1) is 13.3. The topological polar surface area (TPSA) is 82.3 Å². The van der Waals surface area contributed by atoms with E-state index in [-0.39, 0.29) is 23.9 Å². The van der Waals surface area contributed by atoms with Gasteiger partial charge in [0.1, 0.15) is 11.9 Å². The average molecular weight is 274 g/mol. The fraction of sp³-hybridized carbons (Fsp3) is 0.643. The van der Waals surface area contributed by atoms with E-state index < -0.39 is 0 Å². The maximum atomic E-state index is 10.2. The third-order valence-electron chi connectivity index (χ3n) is 4.19. The van der Waals surface area contributed by atoms with Crippen molar-refractivity contribution in [3.8, 4) is 6.07 Å². The number of rotatable bonds is 2.